The average Bonchev–Trinajstić information content (AvgIpc) is 3.85. The number of fused-ring (bicyclic) bond motifs is 2. The molecule has 2 heterocycles. The third-order valence-electron chi connectivity index (χ3n) is 9.67. The summed E-state index contributed by atoms with van der Waals surface area (Å²) in [5.74, 6) is 1.61. The van der Waals surface area contributed by atoms with E-state index in [2.05, 4.69) is 12.2 Å². The van der Waals surface area contributed by atoms with Gasteiger partial charge in [-0.2, -0.15) is 0 Å². The zero-order chi connectivity index (χ0) is 41.0. The Balaban J connectivity index is 0.990. The molecular formula is C46H48O12. The lowest BCUT2D eigenvalue weighted by Gasteiger charge is -2.07. The van der Waals surface area contributed by atoms with Gasteiger partial charge in [-0.25, -0.2) is 9.59 Å². The summed E-state index contributed by atoms with van der Waals surface area (Å²) in [6, 6.07) is 21.2. The van der Waals surface area contributed by atoms with E-state index in [4.69, 9.17) is 37.3 Å². The number of methoxy groups -OCH3 is 4. The highest BCUT2D eigenvalue weighted by molar-refractivity contribution is 6.11. The number of carbonyl (C=O) groups excluding carboxylic acids is 2. The second-order valence-electron chi connectivity index (χ2n) is 13.5. The molecule has 12 nitrogen and oxygen atoms in total. The van der Waals surface area contributed by atoms with Gasteiger partial charge in [-0.15, -0.1) is 0 Å². The van der Waals surface area contributed by atoms with Gasteiger partial charge < -0.3 is 47.5 Å². The van der Waals surface area contributed by atoms with E-state index in [1.807, 2.05) is 24.3 Å². The van der Waals surface area contributed by atoms with Crippen LogP contribution < -0.4 is 18.9 Å². The van der Waals surface area contributed by atoms with E-state index in [1.54, 1.807) is 62.8 Å². The highest BCUT2D eigenvalue weighted by atomic mass is 16.5. The van der Waals surface area contributed by atoms with Crippen LogP contribution >= 0.6 is 0 Å². The Morgan fingerprint density at radius 2 is 1.00 bits per heavy atom. The normalized spacial score (nSPS) is 11.3. The molecule has 0 atom stereocenters. The molecule has 12 heteroatoms. The molecule has 2 aromatic heterocycles. The fraction of sp³-hybridized carbons (Fsp3) is 0.304. The Hall–Kier alpha value is -6.24. The summed E-state index contributed by atoms with van der Waals surface area (Å²) in [5, 5.41) is 20.7. The Kier molecular flexibility index (Phi) is 14.1. The van der Waals surface area contributed by atoms with Crippen molar-refractivity contribution < 1.29 is 57.1 Å². The summed E-state index contributed by atoms with van der Waals surface area (Å²) >= 11 is 0. The van der Waals surface area contributed by atoms with Crippen LogP contribution in [-0.2, 0) is 22.7 Å². The minimum atomic E-state index is -0.530. The fourth-order valence-corrected chi connectivity index (χ4v) is 6.72. The van der Waals surface area contributed by atoms with Crippen LogP contribution in [0.4, 0.5) is 0 Å². The van der Waals surface area contributed by atoms with Gasteiger partial charge >= 0.3 is 11.9 Å². The van der Waals surface area contributed by atoms with Gasteiger partial charge in [0, 0.05) is 21.9 Å². The minimum absolute atomic E-state index is 0.221. The van der Waals surface area contributed by atoms with E-state index in [0.29, 0.717) is 91.6 Å². The number of carbonyl (C=O) groups is 2. The first-order valence-corrected chi connectivity index (χ1v) is 19.1. The van der Waals surface area contributed by atoms with Crippen LogP contribution in [0, 0.1) is 0 Å². The number of furan rings is 2. The molecule has 0 aliphatic heterocycles. The van der Waals surface area contributed by atoms with Crippen LogP contribution in [0.5, 0.6) is 23.0 Å². The van der Waals surface area contributed by atoms with Crippen molar-refractivity contribution >= 4 is 33.9 Å². The van der Waals surface area contributed by atoms with E-state index in [-0.39, 0.29) is 37.6 Å². The summed E-state index contributed by atoms with van der Waals surface area (Å²) in [5.41, 5.74) is 3.72. The first-order chi connectivity index (χ1) is 28.3. The van der Waals surface area contributed by atoms with Gasteiger partial charge in [0.05, 0.1) is 54.9 Å². The van der Waals surface area contributed by atoms with Crippen molar-refractivity contribution in [2.75, 3.05) is 41.7 Å². The van der Waals surface area contributed by atoms with E-state index in [9.17, 15) is 19.8 Å². The zero-order valence-corrected chi connectivity index (χ0v) is 33.1. The molecule has 6 rings (SSSR count). The first kappa shape index (κ1) is 41.4. The van der Waals surface area contributed by atoms with E-state index in [0.717, 1.165) is 25.7 Å². The summed E-state index contributed by atoms with van der Waals surface area (Å²) in [4.78, 5) is 27.1. The second kappa shape index (κ2) is 19.8. The predicted octanol–water partition coefficient (Wildman–Crippen LogP) is 9.44. The highest BCUT2D eigenvalue weighted by Gasteiger charge is 2.28. The number of hydrogen-bond donors (Lipinski definition) is 2. The van der Waals surface area contributed by atoms with Crippen LogP contribution in [0.15, 0.2) is 93.8 Å². The maximum absolute atomic E-state index is 13.6. The van der Waals surface area contributed by atoms with Gasteiger partial charge in [0.2, 0.25) is 0 Å². The summed E-state index contributed by atoms with van der Waals surface area (Å²) < 4.78 is 45.7. The molecule has 0 aliphatic rings. The Labute approximate surface area is 336 Å². The molecule has 0 amide bonds. The molecule has 2 N–H and O–H groups in total. The molecular weight excluding hydrogens is 744 g/mol. The smallest absolute Gasteiger partial charge is 0.342 e. The molecule has 0 saturated carbocycles. The third kappa shape index (κ3) is 9.30. The van der Waals surface area contributed by atoms with Crippen molar-refractivity contribution in [2.24, 2.45) is 0 Å². The van der Waals surface area contributed by atoms with Crippen LogP contribution in [0.25, 0.3) is 44.6 Å². The van der Waals surface area contributed by atoms with Crippen LogP contribution in [0.2, 0.25) is 0 Å². The molecule has 0 fully saturated rings. The van der Waals surface area contributed by atoms with Gasteiger partial charge in [0.25, 0.3) is 0 Å². The maximum atomic E-state index is 13.6. The van der Waals surface area contributed by atoms with E-state index >= 15 is 0 Å². The zero-order valence-electron chi connectivity index (χ0n) is 33.1. The molecule has 0 bridgehead atoms. The molecule has 0 aliphatic carbocycles. The number of allylic oxidation sites excluding steroid dienone is 2. The van der Waals surface area contributed by atoms with Crippen molar-refractivity contribution in [3.05, 3.63) is 107 Å². The number of unbranched alkanes of at least 4 members (excludes halogenated alkanes) is 4. The largest absolute Gasteiger partial charge is 0.497 e. The molecule has 0 radical (unpaired) electrons. The van der Waals surface area contributed by atoms with Crippen LogP contribution in [-0.4, -0.2) is 63.8 Å². The minimum Gasteiger partial charge on any atom is -0.497 e. The summed E-state index contributed by atoms with van der Waals surface area (Å²) in [7, 11) is 6.14. The molecule has 6 aromatic rings. The van der Waals surface area contributed by atoms with E-state index < -0.39 is 11.9 Å². The number of hydrogen-bond acceptors (Lipinski definition) is 12. The molecule has 0 unspecified atom stereocenters. The lowest BCUT2D eigenvalue weighted by atomic mass is 10.0. The van der Waals surface area contributed by atoms with E-state index in [1.165, 1.54) is 14.2 Å². The van der Waals surface area contributed by atoms with Crippen molar-refractivity contribution in [1.82, 2.24) is 0 Å². The Bertz CT molecular complexity index is 2220. The molecule has 0 saturated heterocycles. The van der Waals surface area contributed by atoms with Crippen molar-refractivity contribution in [1.29, 1.82) is 0 Å². The van der Waals surface area contributed by atoms with Crippen LogP contribution in [0.3, 0.4) is 0 Å². The number of benzene rings is 4. The number of esters is 2. The van der Waals surface area contributed by atoms with Crippen molar-refractivity contribution in [3.8, 4) is 45.6 Å². The molecule has 58 heavy (non-hydrogen) atoms. The molecule has 4 aromatic carbocycles. The summed E-state index contributed by atoms with van der Waals surface area (Å²) in [6.45, 7) is -0.0276. The first-order valence-electron chi connectivity index (χ1n) is 19.1. The quantitative estimate of drug-likeness (QED) is 0.0430. The number of aliphatic hydroxyl groups excluding tert-OH is 2. The Morgan fingerprint density at radius 3 is 1.38 bits per heavy atom. The standard InChI is InChI=1S/C46H48O12/c1-51-33-17-13-15-31(25-33)41-39(35-21-29(27-47)23-37(53-3)43(35)57-41)45(49)55-19-11-9-7-5-6-8-10-12-20-56-46(50)40-36-22-30(28-48)24-38(54-4)44(36)58-42(40)32-16-14-18-34(26-32)52-2/h5-6,13-18,21-26,47-48H,7-12,19-20,27-28H2,1-4H3. The number of ether oxygens (including phenoxy) is 6. The van der Waals surface area contributed by atoms with Gasteiger partial charge in [0.1, 0.15) is 34.1 Å². The van der Waals surface area contributed by atoms with Crippen molar-refractivity contribution in [2.45, 2.75) is 51.7 Å². The fourth-order valence-electron chi connectivity index (χ4n) is 6.72. The highest BCUT2D eigenvalue weighted by Crippen LogP contribution is 2.42. The predicted molar refractivity (Wildman–Crippen MR) is 219 cm³/mol. The number of rotatable bonds is 20. The Morgan fingerprint density at radius 1 is 0.569 bits per heavy atom. The topological polar surface area (TPSA) is 156 Å². The number of aliphatic hydroxyl groups is 2. The molecule has 0 spiro atoms. The van der Waals surface area contributed by atoms with Crippen LogP contribution in [0.1, 0.15) is 70.4 Å². The van der Waals surface area contributed by atoms with Gasteiger partial charge in [-0.3, -0.25) is 0 Å². The SMILES string of the molecule is COc1cccc(-c2oc3c(OC)cc(CO)cc3c2C(=O)OCCCCC=CCCCCOC(=O)c2c(-c3cccc(OC)c3)oc3c(OC)cc(CO)cc23)c1. The van der Waals surface area contributed by atoms with Crippen molar-refractivity contribution in [3.63, 3.8) is 0 Å². The van der Waals surface area contributed by atoms with Gasteiger partial charge in [-0.1, -0.05) is 36.4 Å². The molecule has 304 valence electrons. The maximum Gasteiger partial charge on any atom is 0.342 e. The lowest BCUT2D eigenvalue weighted by molar-refractivity contribution is 0.0491. The third-order valence-corrected chi connectivity index (χ3v) is 9.67. The van der Waals surface area contributed by atoms with Gasteiger partial charge in [0.15, 0.2) is 22.7 Å². The second-order valence-corrected chi connectivity index (χ2v) is 13.5. The average molecular weight is 793 g/mol. The summed E-state index contributed by atoms with van der Waals surface area (Å²) in [6.07, 6.45) is 8.78. The monoisotopic (exact) mass is 792 g/mol. The lowest BCUT2D eigenvalue weighted by Crippen LogP contribution is -2.07. The van der Waals surface area contributed by atoms with Gasteiger partial charge in [-0.05, 0) is 98.2 Å².